The Balaban J connectivity index is 2.47. The Morgan fingerprint density at radius 2 is 1.95 bits per heavy atom. The number of thiocarbonyl (C=S) groups is 1. The van der Waals surface area contributed by atoms with Crippen molar-refractivity contribution < 1.29 is 0 Å². The molecule has 21 heavy (non-hydrogen) atoms. The fraction of sp³-hybridized carbons (Fsp3) is 0.688. The first kappa shape index (κ1) is 16.1. The van der Waals surface area contributed by atoms with Crippen molar-refractivity contribution in [3.63, 3.8) is 0 Å². The van der Waals surface area contributed by atoms with E-state index in [0.717, 1.165) is 42.9 Å². The molecule has 1 aromatic rings. The van der Waals surface area contributed by atoms with E-state index in [9.17, 15) is 0 Å². The van der Waals surface area contributed by atoms with Gasteiger partial charge in [-0.3, -0.25) is 0 Å². The van der Waals surface area contributed by atoms with E-state index in [1.54, 1.807) is 0 Å². The Kier molecular flexibility index (Phi) is 5.51. The van der Waals surface area contributed by atoms with Crippen LogP contribution in [-0.4, -0.2) is 27.8 Å². The Bertz CT molecular complexity index is 511. The second-order valence-corrected chi connectivity index (χ2v) is 6.11. The number of aryl methyl sites for hydroxylation is 1. The minimum atomic E-state index is 0.452. The second-order valence-electron chi connectivity index (χ2n) is 5.67. The summed E-state index contributed by atoms with van der Waals surface area (Å²) >= 11 is 5.33. The smallest absolute Gasteiger partial charge is 0.162 e. The average Bonchev–Trinajstić information content (AvgIpc) is 3.31. The fourth-order valence-electron chi connectivity index (χ4n) is 2.80. The molecule has 0 unspecified atom stereocenters. The maximum atomic E-state index is 6.04. The summed E-state index contributed by atoms with van der Waals surface area (Å²) in [6.45, 7) is 7.46. The number of hydrogen-bond acceptors (Lipinski definition) is 4. The van der Waals surface area contributed by atoms with Crippen LogP contribution < -0.4 is 10.6 Å². The summed E-state index contributed by atoms with van der Waals surface area (Å²) in [4.78, 5) is 2.83. The molecule has 1 heterocycles. The van der Waals surface area contributed by atoms with Gasteiger partial charge in [-0.25, -0.2) is 0 Å². The van der Waals surface area contributed by atoms with Gasteiger partial charge < -0.3 is 10.6 Å². The van der Waals surface area contributed by atoms with Crippen LogP contribution in [0.1, 0.15) is 63.3 Å². The quantitative estimate of drug-likeness (QED) is 0.748. The van der Waals surface area contributed by atoms with Crippen molar-refractivity contribution in [1.29, 1.82) is 0 Å². The molecule has 0 aromatic carbocycles. The number of rotatable bonds is 8. The number of nitrogens with zero attached hydrogens (tertiary/aromatic N) is 3. The molecular weight excluding hydrogens is 280 g/mol. The summed E-state index contributed by atoms with van der Waals surface area (Å²) in [5.74, 6) is 0.910. The summed E-state index contributed by atoms with van der Waals surface area (Å²) in [5, 5.41) is 8.95. The van der Waals surface area contributed by atoms with Crippen LogP contribution in [0.15, 0.2) is 0 Å². The van der Waals surface area contributed by atoms with E-state index in [1.165, 1.54) is 24.8 Å². The van der Waals surface area contributed by atoms with E-state index >= 15 is 0 Å². The van der Waals surface area contributed by atoms with Gasteiger partial charge in [0.15, 0.2) is 5.82 Å². The van der Waals surface area contributed by atoms with Crippen molar-refractivity contribution in [3.05, 3.63) is 16.8 Å². The van der Waals surface area contributed by atoms with Gasteiger partial charge in [0, 0.05) is 12.6 Å². The molecule has 5 heteroatoms. The standard InChI is InChI=1S/C16H26N4S/c1-4-7-10-20(11-8-9-11)16-14(15(17)21)12(5-2)13(6-3)18-19-16/h11H,4-10H2,1-3H3,(H2,17,21). The summed E-state index contributed by atoms with van der Waals surface area (Å²) in [6, 6.07) is 0.594. The maximum Gasteiger partial charge on any atom is 0.162 e. The molecule has 1 fully saturated rings. The molecule has 116 valence electrons. The van der Waals surface area contributed by atoms with Gasteiger partial charge in [0.25, 0.3) is 0 Å². The van der Waals surface area contributed by atoms with Crippen LogP contribution >= 0.6 is 12.2 Å². The predicted octanol–water partition coefficient (Wildman–Crippen LogP) is 3.00. The van der Waals surface area contributed by atoms with Crippen molar-refractivity contribution in [2.75, 3.05) is 11.4 Å². The van der Waals surface area contributed by atoms with Gasteiger partial charge in [0.1, 0.15) is 4.99 Å². The highest BCUT2D eigenvalue weighted by atomic mass is 32.1. The first-order valence-electron chi connectivity index (χ1n) is 8.08. The van der Waals surface area contributed by atoms with Crippen molar-refractivity contribution in [3.8, 4) is 0 Å². The zero-order chi connectivity index (χ0) is 15.4. The van der Waals surface area contributed by atoms with Crippen molar-refractivity contribution in [2.24, 2.45) is 5.73 Å². The van der Waals surface area contributed by atoms with Gasteiger partial charge in [-0.15, -0.1) is 5.10 Å². The highest BCUT2D eigenvalue weighted by Crippen LogP contribution is 2.34. The Morgan fingerprint density at radius 3 is 2.43 bits per heavy atom. The van der Waals surface area contributed by atoms with Gasteiger partial charge in [0.05, 0.1) is 11.3 Å². The lowest BCUT2D eigenvalue weighted by atomic mass is 10.0. The van der Waals surface area contributed by atoms with Gasteiger partial charge in [-0.2, -0.15) is 5.10 Å². The van der Waals surface area contributed by atoms with Gasteiger partial charge in [0.2, 0.25) is 0 Å². The van der Waals surface area contributed by atoms with Crippen LogP contribution in [0.2, 0.25) is 0 Å². The zero-order valence-corrected chi connectivity index (χ0v) is 14.2. The van der Waals surface area contributed by atoms with Gasteiger partial charge in [-0.05, 0) is 37.7 Å². The Morgan fingerprint density at radius 1 is 1.24 bits per heavy atom. The number of unbranched alkanes of at least 4 members (excludes halogenated alkanes) is 1. The molecule has 4 nitrogen and oxygen atoms in total. The highest BCUT2D eigenvalue weighted by Gasteiger charge is 2.32. The maximum absolute atomic E-state index is 6.04. The molecule has 1 saturated carbocycles. The molecule has 2 rings (SSSR count). The van der Waals surface area contributed by atoms with E-state index in [2.05, 4.69) is 35.9 Å². The third-order valence-corrected chi connectivity index (χ3v) is 4.29. The van der Waals surface area contributed by atoms with Crippen molar-refractivity contribution >= 4 is 23.0 Å². The van der Waals surface area contributed by atoms with Crippen molar-refractivity contribution in [2.45, 2.75) is 65.3 Å². The third kappa shape index (κ3) is 3.51. The SMILES string of the molecule is CCCCN(c1nnc(CC)c(CC)c1C(N)=S)C1CC1. The molecule has 0 atom stereocenters. The zero-order valence-electron chi connectivity index (χ0n) is 13.4. The topological polar surface area (TPSA) is 55.0 Å². The molecule has 0 amide bonds. The molecule has 0 aliphatic heterocycles. The van der Waals surface area contributed by atoms with Crippen LogP contribution in [0.5, 0.6) is 0 Å². The Labute approximate surface area is 133 Å². The van der Waals surface area contributed by atoms with Crippen LogP contribution in [0, 0.1) is 0 Å². The largest absolute Gasteiger partial charge is 0.389 e. The first-order chi connectivity index (χ1) is 10.1. The summed E-state index contributed by atoms with van der Waals surface area (Å²) in [7, 11) is 0. The molecule has 0 radical (unpaired) electrons. The lowest BCUT2D eigenvalue weighted by Gasteiger charge is -2.26. The predicted molar refractivity (Wildman–Crippen MR) is 92.0 cm³/mol. The molecule has 1 aromatic heterocycles. The van der Waals surface area contributed by atoms with Crippen molar-refractivity contribution in [1.82, 2.24) is 10.2 Å². The fourth-order valence-corrected chi connectivity index (χ4v) is 3.01. The molecule has 0 spiro atoms. The minimum Gasteiger partial charge on any atom is -0.389 e. The van der Waals surface area contributed by atoms with E-state index in [-0.39, 0.29) is 0 Å². The lowest BCUT2D eigenvalue weighted by molar-refractivity contribution is 0.693. The second kappa shape index (κ2) is 7.16. The average molecular weight is 306 g/mol. The lowest BCUT2D eigenvalue weighted by Crippen LogP contribution is -2.32. The number of nitrogens with two attached hydrogens (primary N) is 1. The van der Waals surface area contributed by atoms with Crippen LogP contribution in [0.3, 0.4) is 0 Å². The van der Waals surface area contributed by atoms with E-state index in [4.69, 9.17) is 18.0 Å². The monoisotopic (exact) mass is 306 g/mol. The van der Waals surface area contributed by atoms with Crippen LogP contribution in [0.25, 0.3) is 0 Å². The first-order valence-corrected chi connectivity index (χ1v) is 8.49. The van der Waals surface area contributed by atoms with Gasteiger partial charge in [-0.1, -0.05) is 39.4 Å². The minimum absolute atomic E-state index is 0.452. The summed E-state index contributed by atoms with van der Waals surface area (Å²) in [5.41, 5.74) is 9.20. The van der Waals surface area contributed by atoms with Gasteiger partial charge >= 0.3 is 0 Å². The Hall–Kier alpha value is -1.23. The van der Waals surface area contributed by atoms with E-state index < -0.39 is 0 Å². The molecular formula is C16H26N4S. The molecule has 1 aliphatic rings. The molecule has 0 bridgehead atoms. The van der Waals surface area contributed by atoms with E-state index in [1.807, 2.05) is 0 Å². The highest BCUT2D eigenvalue weighted by molar-refractivity contribution is 7.80. The number of aromatic nitrogens is 2. The van der Waals surface area contributed by atoms with Crippen LogP contribution in [-0.2, 0) is 12.8 Å². The third-order valence-electron chi connectivity index (χ3n) is 4.09. The number of hydrogen-bond donors (Lipinski definition) is 1. The van der Waals surface area contributed by atoms with E-state index in [0.29, 0.717) is 11.0 Å². The molecule has 0 saturated heterocycles. The summed E-state index contributed by atoms with van der Waals surface area (Å²) in [6.07, 6.45) is 6.56. The number of anilines is 1. The molecule has 2 N–H and O–H groups in total. The molecule has 1 aliphatic carbocycles. The summed E-state index contributed by atoms with van der Waals surface area (Å²) < 4.78 is 0. The normalized spacial score (nSPS) is 14.2. The van der Waals surface area contributed by atoms with Crippen LogP contribution in [0.4, 0.5) is 5.82 Å².